The minimum Gasteiger partial charge on any atom is -0.309 e. The van der Waals surface area contributed by atoms with Crippen molar-refractivity contribution in [3.63, 3.8) is 0 Å². The van der Waals surface area contributed by atoms with Crippen molar-refractivity contribution in [3.8, 4) is 0 Å². The highest BCUT2D eigenvalue weighted by atomic mass is 16.1. The molecule has 0 radical (unpaired) electrons. The molecular formula is C18H21N5O. The lowest BCUT2D eigenvalue weighted by atomic mass is 10.2. The van der Waals surface area contributed by atoms with Crippen molar-refractivity contribution in [1.29, 1.82) is 0 Å². The summed E-state index contributed by atoms with van der Waals surface area (Å²) in [5, 5.41) is 0.613. The highest BCUT2D eigenvalue weighted by Crippen LogP contribution is 2.19. The molecule has 0 aliphatic heterocycles. The minimum absolute atomic E-state index is 0.0832. The van der Waals surface area contributed by atoms with Gasteiger partial charge in [-0.1, -0.05) is 19.1 Å². The van der Waals surface area contributed by atoms with Crippen molar-refractivity contribution in [2.75, 3.05) is 6.54 Å². The number of hydrogen-bond acceptors (Lipinski definition) is 5. The van der Waals surface area contributed by atoms with Crippen molar-refractivity contribution in [3.05, 3.63) is 64.2 Å². The number of H-pyrrole nitrogens is 1. The molecular weight excluding hydrogens is 302 g/mol. The third-order valence-corrected chi connectivity index (χ3v) is 4.20. The Balaban J connectivity index is 1.87. The van der Waals surface area contributed by atoms with Gasteiger partial charge in [-0.05, 0) is 32.5 Å². The summed E-state index contributed by atoms with van der Waals surface area (Å²) in [5.41, 5.74) is 2.42. The predicted molar refractivity (Wildman–Crippen MR) is 93.6 cm³/mol. The summed E-state index contributed by atoms with van der Waals surface area (Å²) < 4.78 is 0. The molecule has 1 N–H and O–H groups in total. The molecule has 6 heteroatoms. The fourth-order valence-electron chi connectivity index (χ4n) is 2.73. The lowest BCUT2D eigenvalue weighted by molar-refractivity contribution is 0.203. The number of aryl methyl sites for hydroxylation is 1. The molecule has 2 aromatic heterocycles. The van der Waals surface area contributed by atoms with Crippen LogP contribution >= 0.6 is 0 Å². The van der Waals surface area contributed by atoms with Crippen LogP contribution in [0.5, 0.6) is 0 Å². The van der Waals surface area contributed by atoms with Gasteiger partial charge in [0.25, 0.3) is 5.56 Å². The summed E-state index contributed by atoms with van der Waals surface area (Å²) in [6.45, 7) is 7.45. The number of para-hydroxylation sites is 1. The molecule has 0 bridgehead atoms. The van der Waals surface area contributed by atoms with Crippen molar-refractivity contribution in [2.45, 2.75) is 33.4 Å². The number of hydrogen-bond donors (Lipinski definition) is 1. The first-order chi connectivity index (χ1) is 11.6. The van der Waals surface area contributed by atoms with E-state index >= 15 is 0 Å². The van der Waals surface area contributed by atoms with Gasteiger partial charge in [0.05, 0.1) is 41.1 Å². The zero-order chi connectivity index (χ0) is 17.1. The van der Waals surface area contributed by atoms with Crippen LogP contribution < -0.4 is 5.56 Å². The first kappa shape index (κ1) is 16.3. The number of fused-ring (bicyclic) bond motifs is 1. The van der Waals surface area contributed by atoms with E-state index in [1.54, 1.807) is 18.5 Å². The molecule has 0 aliphatic carbocycles. The molecule has 1 unspecified atom stereocenters. The summed E-state index contributed by atoms with van der Waals surface area (Å²) in [4.78, 5) is 30.7. The Kier molecular flexibility index (Phi) is 4.66. The molecule has 0 aliphatic rings. The largest absolute Gasteiger partial charge is 0.309 e. The fraction of sp³-hybridized carbons (Fsp3) is 0.333. The Morgan fingerprint density at radius 3 is 2.71 bits per heavy atom. The Labute approximate surface area is 140 Å². The van der Waals surface area contributed by atoms with Gasteiger partial charge in [0.1, 0.15) is 5.82 Å². The van der Waals surface area contributed by atoms with Gasteiger partial charge in [0.2, 0.25) is 0 Å². The number of aromatic amines is 1. The molecule has 0 fully saturated rings. The van der Waals surface area contributed by atoms with Gasteiger partial charge in [-0.2, -0.15) is 0 Å². The van der Waals surface area contributed by atoms with Crippen molar-refractivity contribution >= 4 is 10.9 Å². The first-order valence-corrected chi connectivity index (χ1v) is 8.09. The molecule has 1 aromatic carbocycles. The highest BCUT2D eigenvalue weighted by Gasteiger charge is 2.17. The molecule has 6 nitrogen and oxygen atoms in total. The van der Waals surface area contributed by atoms with Crippen LogP contribution in [-0.2, 0) is 6.54 Å². The zero-order valence-corrected chi connectivity index (χ0v) is 14.2. The van der Waals surface area contributed by atoms with Crippen LogP contribution in [0.2, 0.25) is 0 Å². The highest BCUT2D eigenvalue weighted by molar-refractivity contribution is 5.77. The Hall–Kier alpha value is -2.60. The Bertz CT molecular complexity index is 888. The molecule has 3 rings (SSSR count). The minimum atomic E-state index is -0.102. The SMILES string of the molecule is CCN(Cc1nc2ccccc2c(=O)[nH]1)C(C)c1cnc(C)cn1. The third kappa shape index (κ3) is 3.33. The van der Waals surface area contributed by atoms with Crippen molar-refractivity contribution in [2.24, 2.45) is 0 Å². The van der Waals surface area contributed by atoms with Crippen LogP contribution in [-0.4, -0.2) is 31.4 Å². The van der Waals surface area contributed by atoms with Gasteiger partial charge in [-0.3, -0.25) is 19.7 Å². The molecule has 0 spiro atoms. The second-order valence-corrected chi connectivity index (χ2v) is 5.85. The maximum absolute atomic E-state index is 12.2. The number of nitrogens with one attached hydrogen (secondary N) is 1. The lowest BCUT2D eigenvalue weighted by Crippen LogP contribution is -2.29. The van der Waals surface area contributed by atoms with Crippen LogP contribution in [0.15, 0.2) is 41.5 Å². The smallest absolute Gasteiger partial charge is 0.258 e. The summed E-state index contributed by atoms with van der Waals surface area (Å²) in [7, 11) is 0. The van der Waals surface area contributed by atoms with Crippen LogP contribution in [0, 0.1) is 6.92 Å². The molecule has 2 heterocycles. The monoisotopic (exact) mass is 323 g/mol. The van der Waals surface area contributed by atoms with E-state index in [9.17, 15) is 4.79 Å². The van der Waals surface area contributed by atoms with Gasteiger partial charge >= 0.3 is 0 Å². The van der Waals surface area contributed by atoms with E-state index in [-0.39, 0.29) is 11.6 Å². The normalized spacial score (nSPS) is 12.7. The molecule has 0 saturated heterocycles. The Morgan fingerprint density at radius 2 is 2.00 bits per heavy atom. The molecule has 1 atom stereocenters. The van der Waals surface area contributed by atoms with E-state index in [2.05, 4.69) is 38.7 Å². The van der Waals surface area contributed by atoms with Gasteiger partial charge in [0.15, 0.2) is 0 Å². The maximum Gasteiger partial charge on any atom is 0.258 e. The number of benzene rings is 1. The van der Waals surface area contributed by atoms with Crippen molar-refractivity contribution < 1.29 is 0 Å². The van der Waals surface area contributed by atoms with Crippen LogP contribution in [0.1, 0.15) is 37.1 Å². The predicted octanol–water partition coefficient (Wildman–Crippen LogP) is 2.60. The van der Waals surface area contributed by atoms with Crippen LogP contribution in [0.25, 0.3) is 10.9 Å². The molecule has 0 saturated carbocycles. The summed E-state index contributed by atoms with van der Waals surface area (Å²) >= 11 is 0. The molecule has 0 amide bonds. The molecule has 124 valence electrons. The second kappa shape index (κ2) is 6.88. The third-order valence-electron chi connectivity index (χ3n) is 4.20. The summed E-state index contributed by atoms with van der Waals surface area (Å²) in [6, 6.07) is 7.46. The van der Waals surface area contributed by atoms with E-state index in [0.29, 0.717) is 17.8 Å². The van der Waals surface area contributed by atoms with E-state index in [4.69, 9.17) is 0 Å². The van der Waals surface area contributed by atoms with E-state index in [1.165, 1.54) is 0 Å². The van der Waals surface area contributed by atoms with Gasteiger partial charge in [-0.25, -0.2) is 4.98 Å². The van der Waals surface area contributed by atoms with E-state index in [0.717, 1.165) is 23.4 Å². The lowest BCUT2D eigenvalue weighted by Gasteiger charge is -2.26. The quantitative estimate of drug-likeness (QED) is 0.781. The zero-order valence-electron chi connectivity index (χ0n) is 14.2. The fourth-order valence-corrected chi connectivity index (χ4v) is 2.73. The first-order valence-electron chi connectivity index (χ1n) is 8.09. The topological polar surface area (TPSA) is 74.8 Å². The second-order valence-electron chi connectivity index (χ2n) is 5.85. The van der Waals surface area contributed by atoms with Gasteiger partial charge < -0.3 is 4.98 Å². The Morgan fingerprint density at radius 1 is 1.21 bits per heavy atom. The maximum atomic E-state index is 12.2. The van der Waals surface area contributed by atoms with Crippen LogP contribution in [0.4, 0.5) is 0 Å². The average molecular weight is 323 g/mol. The number of aromatic nitrogens is 4. The summed E-state index contributed by atoms with van der Waals surface area (Å²) in [5.74, 6) is 0.660. The van der Waals surface area contributed by atoms with Gasteiger partial charge in [-0.15, -0.1) is 0 Å². The standard InChI is InChI=1S/C18H21N5O/c1-4-23(13(3)16-10-19-12(2)9-20-16)11-17-21-15-8-6-5-7-14(15)18(24)22-17/h5-10,13H,4,11H2,1-3H3,(H,21,22,24). The number of rotatable bonds is 5. The van der Waals surface area contributed by atoms with E-state index in [1.807, 2.05) is 25.1 Å². The van der Waals surface area contributed by atoms with Gasteiger partial charge in [0, 0.05) is 6.20 Å². The average Bonchev–Trinajstić information content (AvgIpc) is 2.60. The van der Waals surface area contributed by atoms with Crippen LogP contribution in [0.3, 0.4) is 0 Å². The van der Waals surface area contributed by atoms with Crippen molar-refractivity contribution in [1.82, 2.24) is 24.8 Å². The summed E-state index contributed by atoms with van der Waals surface area (Å²) in [6.07, 6.45) is 3.58. The number of nitrogens with zero attached hydrogens (tertiary/aromatic N) is 4. The van der Waals surface area contributed by atoms with E-state index < -0.39 is 0 Å². The molecule has 24 heavy (non-hydrogen) atoms. The molecule has 3 aromatic rings.